The van der Waals surface area contributed by atoms with Crippen molar-refractivity contribution in [3.63, 3.8) is 0 Å². The number of aromatic nitrogens is 2. The summed E-state index contributed by atoms with van der Waals surface area (Å²) in [4.78, 5) is 11.8. The summed E-state index contributed by atoms with van der Waals surface area (Å²) in [7, 11) is 1.85. The van der Waals surface area contributed by atoms with Crippen molar-refractivity contribution < 1.29 is 9.53 Å². The molecule has 2 rings (SSSR count). The Bertz CT molecular complexity index is 391. The van der Waals surface area contributed by atoms with E-state index in [-0.39, 0.29) is 18.1 Å². The smallest absolute Gasteiger partial charge is 0.249 e. The van der Waals surface area contributed by atoms with Gasteiger partial charge in [0.1, 0.15) is 6.10 Å². The van der Waals surface area contributed by atoms with E-state index in [0.717, 1.165) is 18.5 Å². The van der Waals surface area contributed by atoms with Crippen LogP contribution < -0.4 is 11.1 Å². The topological polar surface area (TPSA) is 82.2 Å². The first-order valence-corrected chi connectivity index (χ1v) is 5.81. The summed E-state index contributed by atoms with van der Waals surface area (Å²) in [5.74, 6) is -0.0675. The second kappa shape index (κ2) is 5.29. The zero-order valence-electron chi connectivity index (χ0n) is 9.93. The molecule has 0 aliphatic carbocycles. The van der Waals surface area contributed by atoms with Crippen LogP contribution >= 0.6 is 0 Å². The molecule has 0 saturated carbocycles. The van der Waals surface area contributed by atoms with Crippen molar-refractivity contribution in [3.8, 4) is 0 Å². The summed E-state index contributed by atoms with van der Waals surface area (Å²) in [5.41, 5.74) is 6.46. The van der Waals surface area contributed by atoms with Crippen LogP contribution in [0.1, 0.15) is 18.5 Å². The molecule has 1 fully saturated rings. The van der Waals surface area contributed by atoms with Crippen molar-refractivity contribution in [1.29, 1.82) is 0 Å². The van der Waals surface area contributed by atoms with Gasteiger partial charge in [-0.3, -0.25) is 9.48 Å². The van der Waals surface area contributed by atoms with E-state index in [1.165, 1.54) is 0 Å². The fourth-order valence-corrected chi connectivity index (χ4v) is 1.94. The number of nitrogens with one attached hydrogen (secondary N) is 1. The van der Waals surface area contributed by atoms with Crippen LogP contribution in [0.15, 0.2) is 12.3 Å². The highest BCUT2D eigenvalue weighted by molar-refractivity contribution is 5.80. The minimum Gasteiger partial charge on any atom is -0.364 e. The molecular formula is C11H18N4O2. The van der Waals surface area contributed by atoms with Crippen LogP contribution in [0.2, 0.25) is 0 Å². The van der Waals surface area contributed by atoms with Gasteiger partial charge in [-0.2, -0.15) is 5.10 Å². The van der Waals surface area contributed by atoms with Crippen LogP contribution in [0.5, 0.6) is 0 Å². The monoisotopic (exact) mass is 238 g/mol. The Hall–Kier alpha value is -1.40. The Morgan fingerprint density at radius 3 is 3.12 bits per heavy atom. The molecule has 1 aromatic heterocycles. The lowest BCUT2D eigenvalue weighted by Crippen LogP contribution is -2.35. The van der Waals surface area contributed by atoms with Crippen LogP contribution in [0.4, 0.5) is 0 Å². The van der Waals surface area contributed by atoms with E-state index in [1.807, 2.05) is 13.1 Å². The van der Waals surface area contributed by atoms with Crippen LogP contribution in [0, 0.1) is 0 Å². The van der Waals surface area contributed by atoms with Gasteiger partial charge in [0.25, 0.3) is 0 Å². The summed E-state index contributed by atoms with van der Waals surface area (Å²) in [6.45, 7) is 0.952. The number of nitrogens with zero attached hydrogens (tertiary/aromatic N) is 2. The number of nitrogens with two attached hydrogens (primary N) is 1. The third-order valence-electron chi connectivity index (χ3n) is 3.03. The first-order valence-electron chi connectivity index (χ1n) is 5.81. The van der Waals surface area contributed by atoms with Gasteiger partial charge >= 0.3 is 0 Å². The molecule has 6 heteroatoms. The lowest BCUT2D eigenvalue weighted by Gasteiger charge is -2.12. The number of carbonyl (C=O) groups is 1. The Labute approximate surface area is 100 Å². The largest absolute Gasteiger partial charge is 0.364 e. The molecule has 2 atom stereocenters. The summed E-state index contributed by atoms with van der Waals surface area (Å²) in [6, 6.07) is 1.87. The van der Waals surface area contributed by atoms with Gasteiger partial charge in [-0.15, -0.1) is 0 Å². The van der Waals surface area contributed by atoms with Gasteiger partial charge in [-0.25, -0.2) is 0 Å². The van der Waals surface area contributed by atoms with E-state index < -0.39 is 0 Å². The number of hydrogen-bond acceptors (Lipinski definition) is 4. The number of ether oxygens (including phenoxy) is 1. The first kappa shape index (κ1) is 12.1. The molecule has 1 amide bonds. The zero-order chi connectivity index (χ0) is 12.3. The lowest BCUT2D eigenvalue weighted by molar-refractivity contribution is -0.132. The van der Waals surface area contributed by atoms with Gasteiger partial charge < -0.3 is 15.8 Å². The van der Waals surface area contributed by atoms with Crippen molar-refractivity contribution >= 4 is 5.91 Å². The van der Waals surface area contributed by atoms with Crippen molar-refractivity contribution in [2.45, 2.75) is 31.6 Å². The summed E-state index contributed by atoms with van der Waals surface area (Å²) in [5, 5.41) is 6.88. The molecular weight excluding hydrogens is 220 g/mol. The van der Waals surface area contributed by atoms with E-state index in [2.05, 4.69) is 10.4 Å². The number of carbonyl (C=O) groups excluding carboxylic acids is 1. The Morgan fingerprint density at radius 2 is 2.53 bits per heavy atom. The maximum absolute atomic E-state index is 11.8. The molecule has 17 heavy (non-hydrogen) atoms. The molecule has 0 spiro atoms. The molecule has 0 radical (unpaired) electrons. The third kappa shape index (κ3) is 2.83. The highest BCUT2D eigenvalue weighted by atomic mass is 16.5. The molecule has 1 aliphatic heterocycles. The van der Waals surface area contributed by atoms with Crippen molar-refractivity contribution in [3.05, 3.63) is 18.0 Å². The van der Waals surface area contributed by atoms with Crippen molar-refractivity contribution in [2.24, 2.45) is 12.8 Å². The molecule has 1 saturated heterocycles. The van der Waals surface area contributed by atoms with E-state index in [0.29, 0.717) is 13.1 Å². The fourth-order valence-electron chi connectivity index (χ4n) is 1.94. The van der Waals surface area contributed by atoms with Crippen molar-refractivity contribution in [2.75, 3.05) is 6.54 Å². The lowest BCUT2D eigenvalue weighted by atomic mass is 10.2. The van der Waals surface area contributed by atoms with Gasteiger partial charge in [0.15, 0.2) is 0 Å². The Balaban J connectivity index is 1.80. The molecule has 0 aromatic carbocycles. The normalized spacial score (nSPS) is 23.9. The summed E-state index contributed by atoms with van der Waals surface area (Å²) < 4.78 is 7.25. The molecule has 2 unspecified atom stereocenters. The fraction of sp³-hybridized carbons (Fsp3) is 0.636. The minimum atomic E-state index is -0.350. The number of aryl methyl sites for hydroxylation is 1. The van der Waals surface area contributed by atoms with E-state index in [9.17, 15) is 4.79 Å². The summed E-state index contributed by atoms with van der Waals surface area (Å²) in [6.07, 6.45) is 3.00. The molecule has 1 aromatic rings. The quantitative estimate of drug-likeness (QED) is 0.744. The standard InChI is InChI=1S/C11H18N4O2/c1-15-8(4-5-14-15)7-13-11(16)10-3-2-9(6-12)17-10/h4-5,9-10H,2-3,6-7,12H2,1H3,(H,13,16). The Kier molecular flexibility index (Phi) is 3.75. The maximum Gasteiger partial charge on any atom is 0.249 e. The predicted molar refractivity (Wildman–Crippen MR) is 62.0 cm³/mol. The average Bonchev–Trinajstić information content (AvgIpc) is 2.94. The second-order valence-corrected chi connectivity index (χ2v) is 4.22. The number of hydrogen-bond donors (Lipinski definition) is 2. The van der Waals surface area contributed by atoms with E-state index in [1.54, 1.807) is 10.9 Å². The van der Waals surface area contributed by atoms with Gasteiger partial charge in [0.2, 0.25) is 5.91 Å². The SMILES string of the molecule is Cn1nccc1CNC(=O)C1CCC(CN)O1. The van der Waals surface area contributed by atoms with Gasteiger partial charge in [0, 0.05) is 19.8 Å². The predicted octanol–water partition coefficient (Wildman–Crippen LogP) is -0.457. The average molecular weight is 238 g/mol. The molecule has 1 aliphatic rings. The maximum atomic E-state index is 11.8. The summed E-state index contributed by atoms with van der Waals surface area (Å²) >= 11 is 0. The molecule has 6 nitrogen and oxygen atoms in total. The van der Waals surface area contributed by atoms with E-state index in [4.69, 9.17) is 10.5 Å². The second-order valence-electron chi connectivity index (χ2n) is 4.22. The molecule has 2 heterocycles. The highest BCUT2D eigenvalue weighted by Gasteiger charge is 2.29. The Morgan fingerprint density at radius 1 is 1.71 bits per heavy atom. The van der Waals surface area contributed by atoms with Crippen LogP contribution in [0.25, 0.3) is 0 Å². The minimum absolute atomic E-state index is 0.0300. The van der Waals surface area contributed by atoms with E-state index >= 15 is 0 Å². The van der Waals surface area contributed by atoms with Crippen molar-refractivity contribution in [1.82, 2.24) is 15.1 Å². The molecule has 3 N–H and O–H groups in total. The highest BCUT2D eigenvalue weighted by Crippen LogP contribution is 2.18. The van der Waals surface area contributed by atoms with Crippen LogP contribution in [-0.4, -0.2) is 34.4 Å². The van der Waals surface area contributed by atoms with Crippen LogP contribution in [0.3, 0.4) is 0 Å². The van der Waals surface area contributed by atoms with Gasteiger partial charge in [-0.05, 0) is 18.9 Å². The third-order valence-corrected chi connectivity index (χ3v) is 3.03. The van der Waals surface area contributed by atoms with Gasteiger partial charge in [-0.1, -0.05) is 0 Å². The molecule has 0 bridgehead atoms. The van der Waals surface area contributed by atoms with Crippen LogP contribution in [-0.2, 0) is 23.1 Å². The first-order chi connectivity index (χ1) is 8.20. The number of rotatable bonds is 4. The number of amides is 1. The zero-order valence-corrected chi connectivity index (χ0v) is 9.93. The molecule has 94 valence electrons. The van der Waals surface area contributed by atoms with Gasteiger partial charge in [0.05, 0.1) is 18.3 Å².